The number of hydrogen-bond donors (Lipinski definition) is 0. The fraction of sp³-hybridized carbons (Fsp3) is 0.286. The quantitative estimate of drug-likeness (QED) is 0.399. The zero-order chi connectivity index (χ0) is 21.0. The minimum atomic E-state index is 0.199. The van der Waals surface area contributed by atoms with Gasteiger partial charge in [0.2, 0.25) is 0 Å². The molecule has 3 heteroatoms. The van der Waals surface area contributed by atoms with Crippen LogP contribution in [0.1, 0.15) is 42.1 Å². The molecule has 3 nitrogen and oxygen atoms in total. The van der Waals surface area contributed by atoms with Gasteiger partial charge in [0.1, 0.15) is 0 Å². The van der Waals surface area contributed by atoms with Gasteiger partial charge >= 0.3 is 0 Å². The first kappa shape index (κ1) is 18.6. The lowest BCUT2D eigenvalue weighted by Gasteiger charge is -2.36. The van der Waals surface area contributed by atoms with Crippen molar-refractivity contribution in [2.45, 2.75) is 39.5 Å². The van der Waals surface area contributed by atoms with Gasteiger partial charge in [-0.2, -0.15) is 5.10 Å². The van der Waals surface area contributed by atoms with Crippen molar-refractivity contribution in [2.75, 3.05) is 0 Å². The van der Waals surface area contributed by atoms with Crippen molar-refractivity contribution in [3.63, 3.8) is 0 Å². The molecule has 0 radical (unpaired) electrons. The number of aryl methyl sites for hydroxylation is 1. The van der Waals surface area contributed by atoms with E-state index < -0.39 is 0 Å². The number of benzene rings is 2. The molecule has 6 rings (SSSR count). The molecule has 0 spiro atoms. The molecule has 4 aromatic rings. The lowest BCUT2D eigenvalue weighted by Crippen LogP contribution is -2.30. The Balaban J connectivity index is 1.35. The molecule has 0 bridgehead atoms. The topological polar surface area (TPSA) is 30.7 Å². The third kappa shape index (κ3) is 2.95. The minimum Gasteiger partial charge on any atom is -0.256 e. The van der Waals surface area contributed by atoms with Gasteiger partial charge < -0.3 is 0 Å². The molecular formula is C28H27N3. The fourth-order valence-electron chi connectivity index (χ4n) is 5.75. The molecule has 2 atom stereocenters. The summed E-state index contributed by atoms with van der Waals surface area (Å²) < 4.78 is 2.11. The third-order valence-electron chi connectivity index (χ3n) is 7.61. The molecule has 2 aliphatic carbocycles. The third-order valence-corrected chi connectivity index (χ3v) is 7.61. The number of rotatable bonds is 3. The van der Waals surface area contributed by atoms with Gasteiger partial charge in [0.25, 0.3) is 0 Å². The summed E-state index contributed by atoms with van der Waals surface area (Å²) in [6.45, 7) is 4.60. The molecule has 0 saturated heterocycles. The van der Waals surface area contributed by atoms with E-state index in [1.54, 1.807) is 5.57 Å². The molecule has 2 aliphatic rings. The maximum Gasteiger partial charge on any atom is 0.0733 e. The van der Waals surface area contributed by atoms with E-state index in [0.29, 0.717) is 5.92 Å². The summed E-state index contributed by atoms with van der Waals surface area (Å²) in [6.07, 6.45) is 11.0. The number of nitrogens with zero attached hydrogens (tertiary/aromatic N) is 3. The van der Waals surface area contributed by atoms with Gasteiger partial charge in [0, 0.05) is 11.6 Å². The number of fused-ring (bicyclic) bond motifs is 3. The number of pyridine rings is 1. The van der Waals surface area contributed by atoms with Crippen molar-refractivity contribution in [1.82, 2.24) is 14.8 Å². The molecule has 0 amide bonds. The fourth-order valence-corrected chi connectivity index (χ4v) is 5.75. The molecule has 2 heterocycles. The van der Waals surface area contributed by atoms with E-state index in [2.05, 4.69) is 79.3 Å². The van der Waals surface area contributed by atoms with E-state index in [0.717, 1.165) is 24.0 Å². The summed E-state index contributed by atoms with van der Waals surface area (Å²) in [7, 11) is 0. The molecule has 2 aromatic carbocycles. The Morgan fingerprint density at radius 2 is 1.90 bits per heavy atom. The van der Waals surface area contributed by atoms with E-state index in [1.807, 2.05) is 12.3 Å². The maximum absolute atomic E-state index is 4.77. The summed E-state index contributed by atoms with van der Waals surface area (Å²) in [5, 5.41) is 6.01. The predicted molar refractivity (Wildman–Crippen MR) is 126 cm³/mol. The smallest absolute Gasteiger partial charge is 0.0733 e. The van der Waals surface area contributed by atoms with Crippen LogP contribution in [0.25, 0.3) is 22.7 Å². The number of hydrogen-bond acceptors (Lipinski definition) is 2. The van der Waals surface area contributed by atoms with Crippen LogP contribution in [0.3, 0.4) is 0 Å². The molecule has 0 N–H and O–H groups in total. The van der Waals surface area contributed by atoms with Crippen LogP contribution in [0.4, 0.5) is 0 Å². The zero-order valence-corrected chi connectivity index (χ0v) is 18.2. The Morgan fingerprint density at radius 1 is 1.06 bits per heavy atom. The number of para-hydroxylation sites is 1. The van der Waals surface area contributed by atoms with Crippen molar-refractivity contribution in [3.8, 4) is 5.69 Å². The SMILES string of the molecule is Cc1ccc(-n2ncc3c2C=C2CCC(Cc4cccc5cccnc45)C2(C)C3)cc1. The first-order valence-electron chi connectivity index (χ1n) is 11.3. The van der Waals surface area contributed by atoms with Crippen LogP contribution < -0.4 is 0 Å². The van der Waals surface area contributed by atoms with Crippen LogP contribution in [-0.4, -0.2) is 14.8 Å². The lowest BCUT2D eigenvalue weighted by atomic mass is 9.68. The first-order chi connectivity index (χ1) is 15.1. The molecule has 154 valence electrons. The first-order valence-corrected chi connectivity index (χ1v) is 11.3. The van der Waals surface area contributed by atoms with Gasteiger partial charge in [-0.3, -0.25) is 4.98 Å². The highest BCUT2D eigenvalue weighted by molar-refractivity contribution is 5.81. The Bertz CT molecular complexity index is 1310. The van der Waals surface area contributed by atoms with Crippen LogP contribution in [0.5, 0.6) is 0 Å². The van der Waals surface area contributed by atoms with E-state index in [9.17, 15) is 0 Å². The summed E-state index contributed by atoms with van der Waals surface area (Å²) in [4.78, 5) is 4.70. The van der Waals surface area contributed by atoms with Crippen molar-refractivity contribution in [3.05, 3.63) is 94.9 Å². The average Bonchev–Trinajstić information content (AvgIpc) is 3.33. The lowest BCUT2D eigenvalue weighted by molar-refractivity contribution is 0.270. The number of aromatic nitrogens is 3. The Morgan fingerprint density at radius 3 is 2.77 bits per heavy atom. The summed E-state index contributed by atoms with van der Waals surface area (Å²) in [5.74, 6) is 0.627. The van der Waals surface area contributed by atoms with Crippen LogP contribution in [0.2, 0.25) is 0 Å². The van der Waals surface area contributed by atoms with Crippen molar-refractivity contribution in [1.29, 1.82) is 0 Å². The second-order valence-corrected chi connectivity index (χ2v) is 9.50. The number of allylic oxidation sites excluding steroid dienone is 1. The van der Waals surface area contributed by atoms with Gasteiger partial charge in [-0.1, -0.05) is 54.5 Å². The maximum atomic E-state index is 4.77. The molecular weight excluding hydrogens is 378 g/mol. The van der Waals surface area contributed by atoms with E-state index >= 15 is 0 Å². The summed E-state index contributed by atoms with van der Waals surface area (Å²) >= 11 is 0. The van der Waals surface area contributed by atoms with Gasteiger partial charge in [0.05, 0.1) is 23.1 Å². The zero-order valence-electron chi connectivity index (χ0n) is 18.2. The van der Waals surface area contributed by atoms with E-state index in [-0.39, 0.29) is 5.41 Å². The molecule has 1 saturated carbocycles. The molecule has 0 aliphatic heterocycles. The van der Waals surface area contributed by atoms with Gasteiger partial charge in [-0.15, -0.1) is 0 Å². The Hall–Kier alpha value is -3.20. The van der Waals surface area contributed by atoms with Crippen molar-refractivity contribution in [2.24, 2.45) is 11.3 Å². The van der Waals surface area contributed by atoms with E-state index in [4.69, 9.17) is 10.1 Å². The minimum absolute atomic E-state index is 0.199. The summed E-state index contributed by atoms with van der Waals surface area (Å²) in [6, 6.07) is 19.5. The Labute approximate surface area is 183 Å². The molecule has 2 unspecified atom stereocenters. The second kappa shape index (κ2) is 6.91. The second-order valence-electron chi connectivity index (χ2n) is 9.50. The molecule has 2 aromatic heterocycles. The van der Waals surface area contributed by atoms with Crippen LogP contribution in [0, 0.1) is 18.3 Å². The van der Waals surface area contributed by atoms with Crippen molar-refractivity contribution >= 4 is 17.0 Å². The molecule has 1 fully saturated rings. The predicted octanol–water partition coefficient (Wildman–Crippen LogP) is 6.33. The largest absolute Gasteiger partial charge is 0.256 e. The average molecular weight is 406 g/mol. The van der Waals surface area contributed by atoms with Crippen LogP contribution in [0.15, 0.2) is 72.6 Å². The monoisotopic (exact) mass is 405 g/mol. The highest BCUT2D eigenvalue weighted by Gasteiger charge is 2.45. The van der Waals surface area contributed by atoms with Gasteiger partial charge in [-0.25, -0.2) is 4.68 Å². The molecule has 31 heavy (non-hydrogen) atoms. The van der Waals surface area contributed by atoms with E-state index in [1.165, 1.54) is 40.6 Å². The van der Waals surface area contributed by atoms with Gasteiger partial charge in [0.15, 0.2) is 0 Å². The highest BCUT2D eigenvalue weighted by Crippen LogP contribution is 2.54. The van der Waals surface area contributed by atoms with Crippen molar-refractivity contribution < 1.29 is 0 Å². The van der Waals surface area contributed by atoms with Gasteiger partial charge in [-0.05, 0) is 79.3 Å². The van der Waals surface area contributed by atoms with Crippen LogP contribution >= 0.6 is 0 Å². The highest BCUT2D eigenvalue weighted by atomic mass is 15.3. The summed E-state index contributed by atoms with van der Waals surface area (Å²) in [5.41, 5.74) is 9.39. The van der Waals surface area contributed by atoms with Crippen LogP contribution in [-0.2, 0) is 12.8 Å². The normalized spacial score (nSPS) is 22.3. The standard InChI is InChI=1S/C28H27N3/c1-19-8-12-25(13-9-19)31-26-16-24-11-10-23(28(24,2)17-22(26)18-30-31)15-21-6-3-5-20-7-4-14-29-27(20)21/h3-9,12-14,16,18,23H,10-11,15,17H2,1-2H3. The Kier molecular flexibility index (Phi) is 4.14.